The van der Waals surface area contributed by atoms with E-state index < -0.39 is 0 Å². The van der Waals surface area contributed by atoms with Crippen LogP contribution < -0.4 is 4.74 Å². The van der Waals surface area contributed by atoms with Gasteiger partial charge in [-0.1, -0.05) is 47.2 Å². The largest absolute Gasteiger partial charge is 0.432 e. The fourth-order valence-corrected chi connectivity index (χ4v) is 1.86. The predicted octanol–water partition coefficient (Wildman–Crippen LogP) is 3.33. The smallest absolute Gasteiger partial charge is 0.311 e. The number of para-hydroxylation sites is 1. The molecule has 0 spiro atoms. The first-order chi connectivity index (χ1) is 8.42. The van der Waals surface area contributed by atoms with Gasteiger partial charge in [0.25, 0.3) is 0 Å². The van der Waals surface area contributed by atoms with Crippen LogP contribution >= 0.6 is 0 Å². The van der Waals surface area contributed by atoms with E-state index in [9.17, 15) is 0 Å². The molecule has 0 bridgehead atoms. The molecule has 84 valence electrons. The van der Waals surface area contributed by atoms with E-state index in [0.29, 0.717) is 6.73 Å². The van der Waals surface area contributed by atoms with Gasteiger partial charge in [0.2, 0.25) is 0 Å². The molecule has 0 amide bonds. The molecule has 0 atom stereocenters. The molecule has 3 heteroatoms. The third kappa shape index (κ3) is 2.18. The van der Waals surface area contributed by atoms with E-state index in [-0.39, 0.29) is 0 Å². The summed E-state index contributed by atoms with van der Waals surface area (Å²) in [6.07, 6.45) is 0. The van der Waals surface area contributed by atoms with Crippen LogP contribution in [0.4, 0.5) is 5.69 Å². The van der Waals surface area contributed by atoms with Gasteiger partial charge in [-0.05, 0) is 12.1 Å². The van der Waals surface area contributed by atoms with Crippen molar-refractivity contribution in [3.05, 3.63) is 60.2 Å². The van der Waals surface area contributed by atoms with Gasteiger partial charge in [-0.15, -0.1) is 0 Å². The highest BCUT2D eigenvalue weighted by atomic mass is 16.5. The van der Waals surface area contributed by atoms with Crippen LogP contribution in [0.5, 0.6) is 5.75 Å². The monoisotopic (exact) mass is 225 g/mol. The molecule has 0 saturated carbocycles. The van der Waals surface area contributed by atoms with E-state index in [0.717, 1.165) is 18.0 Å². The molecule has 17 heavy (non-hydrogen) atoms. The highest BCUT2D eigenvalue weighted by Gasteiger charge is 2.17. The van der Waals surface area contributed by atoms with Crippen molar-refractivity contribution in [1.29, 1.82) is 0 Å². The molecule has 2 aromatic carbocycles. The second kappa shape index (κ2) is 4.37. The van der Waals surface area contributed by atoms with Crippen LogP contribution in [0.3, 0.4) is 0 Å². The van der Waals surface area contributed by atoms with Crippen LogP contribution in [-0.2, 0) is 6.54 Å². The van der Waals surface area contributed by atoms with Crippen molar-refractivity contribution in [3.8, 4) is 5.75 Å². The summed E-state index contributed by atoms with van der Waals surface area (Å²) in [5.41, 5.74) is 2.13. The summed E-state index contributed by atoms with van der Waals surface area (Å²) in [5.74, 6) is 0.858. The van der Waals surface area contributed by atoms with E-state index >= 15 is 0 Å². The number of fused-ring (bicyclic) bond motifs is 1. The molecule has 0 unspecified atom stereocenters. The maximum atomic E-state index is 5.64. The lowest BCUT2D eigenvalue weighted by Gasteiger charge is -2.11. The molecule has 0 N–H and O–H groups in total. The SMILES string of the molecule is c1ccc(C[N+]2=Nc3ccccc3OC2)cc1. The Hall–Kier alpha value is -2.16. The van der Waals surface area contributed by atoms with Crippen molar-refractivity contribution in [2.24, 2.45) is 5.11 Å². The van der Waals surface area contributed by atoms with Gasteiger partial charge >= 0.3 is 6.73 Å². The highest BCUT2D eigenvalue weighted by molar-refractivity contribution is 5.50. The van der Waals surface area contributed by atoms with E-state index in [1.165, 1.54) is 5.56 Å². The minimum Gasteiger partial charge on any atom is -0.432 e. The number of ether oxygens (including phenoxy) is 1. The van der Waals surface area contributed by atoms with Gasteiger partial charge in [0, 0.05) is 10.7 Å². The molecule has 1 aliphatic heterocycles. The van der Waals surface area contributed by atoms with Crippen molar-refractivity contribution in [1.82, 2.24) is 0 Å². The molecule has 0 fully saturated rings. The van der Waals surface area contributed by atoms with Crippen LogP contribution in [0.25, 0.3) is 0 Å². The first-order valence-corrected chi connectivity index (χ1v) is 5.64. The zero-order valence-electron chi connectivity index (χ0n) is 9.41. The fraction of sp³-hybridized carbons (Fsp3) is 0.143. The minimum atomic E-state index is 0.506. The molecule has 0 radical (unpaired) electrons. The third-order valence-corrected chi connectivity index (χ3v) is 2.69. The van der Waals surface area contributed by atoms with Crippen LogP contribution in [0.1, 0.15) is 5.56 Å². The summed E-state index contributed by atoms with van der Waals surface area (Å²) in [4.78, 5) is 0. The normalized spacial score (nSPS) is 13.5. The maximum Gasteiger partial charge on any atom is 0.311 e. The quantitative estimate of drug-likeness (QED) is 0.719. The number of rotatable bonds is 2. The number of hydrogen-bond donors (Lipinski definition) is 0. The number of benzene rings is 2. The lowest BCUT2D eigenvalue weighted by molar-refractivity contribution is -0.634. The Bertz CT molecular complexity index is 549. The standard InChI is InChI=1S/C14H13N2O/c1-2-6-12(7-3-1)10-16-11-17-14-9-5-4-8-13(14)15-16/h1-9H,10-11H2/q+1. The number of nitrogens with zero attached hydrogens (tertiary/aromatic N) is 2. The molecular formula is C14H13N2O+. The average Bonchev–Trinajstić information content (AvgIpc) is 2.40. The molecule has 3 nitrogen and oxygen atoms in total. The average molecular weight is 225 g/mol. The first kappa shape index (κ1) is 10.0. The summed E-state index contributed by atoms with van der Waals surface area (Å²) in [6, 6.07) is 18.1. The second-order valence-corrected chi connectivity index (χ2v) is 3.99. The maximum absolute atomic E-state index is 5.64. The zero-order valence-corrected chi connectivity index (χ0v) is 9.41. The Labute approximate surface area is 100.0 Å². The highest BCUT2D eigenvalue weighted by Crippen LogP contribution is 2.29. The number of azo groups is 2. The lowest BCUT2D eigenvalue weighted by atomic mass is 10.2. The van der Waals surface area contributed by atoms with Crippen LogP contribution in [0, 0.1) is 0 Å². The summed E-state index contributed by atoms with van der Waals surface area (Å²) >= 11 is 0. The van der Waals surface area contributed by atoms with Gasteiger partial charge in [-0.2, -0.15) is 0 Å². The summed E-state index contributed by atoms with van der Waals surface area (Å²) < 4.78 is 7.57. The van der Waals surface area contributed by atoms with Gasteiger partial charge in [0.05, 0.1) is 0 Å². The van der Waals surface area contributed by atoms with Gasteiger partial charge < -0.3 is 4.74 Å². The van der Waals surface area contributed by atoms with Crippen molar-refractivity contribution < 1.29 is 9.43 Å². The summed E-state index contributed by atoms with van der Waals surface area (Å²) in [6.45, 7) is 1.28. The Balaban J connectivity index is 1.85. The van der Waals surface area contributed by atoms with E-state index in [1.54, 1.807) is 0 Å². The third-order valence-electron chi connectivity index (χ3n) is 2.69. The molecule has 0 aromatic heterocycles. The molecular weight excluding hydrogens is 212 g/mol. The van der Waals surface area contributed by atoms with Crippen LogP contribution in [0.2, 0.25) is 0 Å². The Morgan fingerprint density at radius 3 is 2.65 bits per heavy atom. The zero-order chi connectivity index (χ0) is 11.5. The van der Waals surface area contributed by atoms with Crippen molar-refractivity contribution in [3.63, 3.8) is 0 Å². The second-order valence-electron chi connectivity index (χ2n) is 3.99. The lowest BCUT2D eigenvalue weighted by Crippen LogP contribution is -2.18. The van der Waals surface area contributed by atoms with Gasteiger partial charge in [0.15, 0.2) is 18.0 Å². The molecule has 0 aliphatic carbocycles. The van der Waals surface area contributed by atoms with Gasteiger partial charge in [-0.3, -0.25) is 0 Å². The van der Waals surface area contributed by atoms with E-state index in [1.807, 2.05) is 47.2 Å². The minimum absolute atomic E-state index is 0.506. The molecule has 2 aromatic rings. The predicted molar refractivity (Wildman–Crippen MR) is 64.4 cm³/mol. The van der Waals surface area contributed by atoms with Crippen molar-refractivity contribution in [2.45, 2.75) is 6.54 Å². The van der Waals surface area contributed by atoms with E-state index in [4.69, 9.17) is 4.74 Å². The van der Waals surface area contributed by atoms with Crippen molar-refractivity contribution >= 4 is 5.69 Å². The fourth-order valence-electron chi connectivity index (χ4n) is 1.86. The topological polar surface area (TPSA) is 24.6 Å². The van der Waals surface area contributed by atoms with Gasteiger partial charge in [-0.25, -0.2) is 0 Å². The molecule has 1 aliphatic rings. The van der Waals surface area contributed by atoms with Crippen LogP contribution in [-0.4, -0.2) is 11.4 Å². The molecule has 1 heterocycles. The van der Waals surface area contributed by atoms with E-state index in [2.05, 4.69) is 17.2 Å². The Kier molecular flexibility index (Phi) is 2.58. The molecule has 3 rings (SSSR count). The van der Waals surface area contributed by atoms with Crippen LogP contribution in [0.15, 0.2) is 59.7 Å². The summed E-state index contributed by atoms with van der Waals surface area (Å²) in [7, 11) is 0. The Morgan fingerprint density at radius 2 is 1.76 bits per heavy atom. The first-order valence-electron chi connectivity index (χ1n) is 5.64. The molecule has 0 saturated heterocycles. The summed E-state index contributed by atoms with van der Waals surface area (Å²) in [5, 5.41) is 4.55. The van der Waals surface area contributed by atoms with Gasteiger partial charge in [0.1, 0.15) is 0 Å². The number of hydrogen-bond acceptors (Lipinski definition) is 2. The Morgan fingerprint density at radius 1 is 1.00 bits per heavy atom. The van der Waals surface area contributed by atoms with Crippen molar-refractivity contribution in [2.75, 3.05) is 6.73 Å².